The average Bonchev–Trinajstić information content (AvgIpc) is 2.94. The summed E-state index contributed by atoms with van der Waals surface area (Å²) >= 11 is 0. The zero-order valence-electron chi connectivity index (χ0n) is 18.4. The lowest BCUT2D eigenvalue weighted by molar-refractivity contribution is 0.0692. The Kier molecular flexibility index (Phi) is 6.45. The molecule has 0 radical (unpaired) electrons. The average molecular weight is 434 g/mol. The van der Waals surface area contributed by atoms with Crippen LogP contribution in [0.5, 0.6) is 5.75 Å². The predicted octanol–water partition coefficient (Wildman–Crippen LogP) is 3.71. The molecule has 8 heteroatoms. The molecule has 1 aromatic carbocycles. The molecule has 0 unspecified atom stereocenters. The van der Waals surface area contributed by atoms with Crippen LogP contribution in [-0.4, -0.2) is 43.5 Å². The lowest BCUT2D eigenvalue weighted by atomic mass is 9.98. The van der Waals surface area contributed by atoms with Crippen molar-refractivity contribution in [3.63, 3.8) is 0 Å². The molecule has 1 saturated heterocycles. The lowest BCUT2D eigenvalue weighted by Gasteiger charge is -2.30. The number of carbonyl (C=O) groups excluding carboxylic acids is 1. The molecule has 30 heavy (non-hydrogen) atoms. The molecular formula is C22H31N3O4S. The fourth-order valence-electron chi connectivity index (χ4n) is 3.90. The van der Waals surface area contributed by atoms with Gasteiger partial charge in [0.1, 0.15) is 10.6 Å². The highest BCUT2D eigenvalue weighted by atomic mass is 32.2. The molecule has 7 nitrogen and oxygen atoms in total. The van der Waals surface area contributed by atoms with Gasteiger partial charge in [0.15, 0.2) is 0 Å². The Morgan fingerprint density at radius 3 is 2.43 bits per heavy atom. The van der Waals surface area contributed by atoms with Crippen molar-refractivity contribution in [1.29, 1.82) is 0 Å². The van der Waals surface area contributed by atoms with Crippen molar-refractivity contribution >= 4 is 21.6 Å². The van der Waals surface area contributed by atoms with Gasteiger partial charge in [-0.05, 0) is 51.7 Å². The number of nitrogens with zero attached hydrogens (tertiary/aromatic N) is 2. The lowest BCUT2D eigenvalue weighted by Crippen LogP contribution is -2.38. The summed E-state index contributed by atoms with van der Waals surface area (Å²) in [6, 6.07) is 6.89. The number of likely N-dealkylation sites (tertiary alicyclic amines) is 1. The highest BCUT2D eigenvalue weighted by Gasteiger charge is 2.34. The maximum atomic E-state index is 13.5. The fraction of sp³-hybridized carbons (Fsp3) is 0.500. The Bertz CT molecular complexity index is 1030. The number of ether oxygens (including phenoxy) is 1. The smallest absolute Gasteiger partial charge is 0.264 e. The third-order valence-electron chi connectivity index (χ3n) is 5.91. The number of para-hydroxylation sites is 2. The Hall–Kier alpha value is -2.48. The number of rotatable bonds is 6. The molecule has 0 spiro atoms. The highest BCUT2D eigenvalue weighted by Crippen LogP contribution is 2.32. The minimum Gasteiger partial charge on any atom is -0.492 e. The fourth-order valence-corrected chi connectivity index (χ4v) is 5.49. The molecule has 2 aromatic rings. The third-order valence-corrected chi connectivity index (χ3v) is 7.43. The largest absolute Gasteiger partial charge is 0.492 e. The van der Waals surface area contributed by atoms with Crippen molar-refractivity contribution in [2.75, 3.05) is 24.4 Å². The standard InChI is InChI=1S/C22H31N3O4S/c1-6-29-19-10-8-7-9-18(19)23-30(27,28)21-17(4)24(5)16(3)20(21)22(26)25-13-11-15(2)12-14-25/h7-10,15,23H,6,11-14H2,1-5H3. The second kappa shape index (κ2) is 8.71. The van der Waals surface area contributed by atoms with Gasteiger partial charge >= 0.3 is 0 Å². The van der Waals surface area contributed by atoms with Crippen LogP contribution in [0.2, 0.25) is 0 Å². The minimum absolute atomic E-state index is 0.0393. The number of aromatic nitrogens is 1. The summed E-state index contributed by atoms with van der Waals surface area (Å²) in [6.45, 7) is 9.24. The summed E-state index contributed by atoms with van der Waals surface area (Å²) in [5.41, 5.74) is 1.79. The Morgan fingerprint density at radius 2 is 1.80 bits per heavy atom. The molecule has 1 N–H and O–H groups in total. The van der Waals surface area contributed by atoms with Gasteiger partial charge in [0.05, 0.1) is 17.9 Å². The van der Waals surface area contributed by atoms with Crippen LogP contribution in [0.4, 0.5) is 5.69 Å². The van der Waals surface area contributed by atoms with Crippen LogP contribution in [0.1, 0.15) is 48.4 Å². The topological polar surface area (TPSA) is 80.6 Å². The van der Waals surface area contributed by atoms with Gasteiger partial charge in [0.25, 0.3) is 15.9 Å². The van der Waals surface area contributed by atoms with E-state index in [1.165, 1.54) is 0 Å². The molecule has 1 aliphatic rings. The van der Waals surface area contributed by atoms with Crippen molar-refractivity contribution in [3.05, 3.63) is 41.2 Å². The van der Waals surface area contributed by atoms with Crippen LogP contribution in [0.25, 0.3) is 0 Å². The first-order valence-corrected chi connectivity index (χ1v) is 11.9. The van der Waals surface area contributed by atoms with Crippen LogP contribution >= 0.6 is 0 Å². The zero-order valence-corrected chi connectivity index (χ0v) is 19.2. The van der Waals surface area contributed by atoms with Gasteiger partial charge in [-0.1, -0.05) is 19.1 Å². The number of benzene rings is 1. The predicted molar refractivity (Wildman–Crippen MR) is 118 cm³/mol. The van der Waals surface area contributed by atoms with Gasteiger partial charge in [0, 0.05) is 31.5 Å². The Morgan fingerprint density at radius 1 is 1.17 bits per heavy atom. The number of carbonyl (C=O) groups is 1. The highest BCUT2D eigenvalue weighted by molar-refractivity contribution is 7.92. The first-order valence-electron chi connectivity index (χ1n) is 10.4. The van der Waals surface area contributed by atoms with Gasteiger partial charge < -0.3 is 14.2 Å². The van der Waals surface area contributed by atoms with Gasteiger partial charge in [-0.2, -0.15) is 0 Å². The number of anilines is 1. The SMILES string of the molecule is CCOc1ccccc1NS(=O)(=O)c1c(C(=O)N2CCC(C)CC2)c(C)n(C)c1C. The van der Waals surface area contributed by atoms with E-state index in [9.17, 15) is 13.2 Å². The van der Waals surface area contributed by atoms with Crippen molar-refractivity contribution in [2.24, 2.45) is 13.0 Å². The Balaban J connectivity index is 2.03. The van der Waals surface area contributed by atoms with Gasteiger partial charge in [-0.3, -0.25) is 9.52 Å². The van der Waals surface area contributed by atoms with Crippen LogP contribution in [-0.2, 0) is 17.1 Å². The number of nitrogens with one attached hydrogen (secondary N) is 1. The van der Waals surface area contributed by atoms with Gasteiger partial charge in [-0.25, -0.2) is 8.42 Å². The summed E-state index contributed by atoms with van der Waals surface area (Å²) < 4.78 is 36.9. The molecule has 0 atom stereocenters. The molecule has 1 aromatic heterocycles. The molecule has 2 heterocycles. The molecule has 0 aliphatic carbocycles. The van der Waals surface area contributed by atoms with E-state index in [4.69, 9.17) is 4.74 Å². The van der Waals surface area contributed by atoms with Crippen molar-refractivity contribution in [3.8, 4) is 5.75 Å². The van der Waals surface area contributed by atoms with Crippen molar-refractivity contribution in [2.45, 2.75) is 45.4 Å². The number of hydrogen-bond donors (Lipinski definition) is 1. The summed E-state index contributed by atoms with van der Waals surface area (Å²) in [7, 11) is -2.23. The van der Waals surface area contributed by atoms with Gasteiger partial charge in [0.2, 0.25) is 0 Å². The van der Waals surface area contributed by atoms with E-state index in [-0.39, 0.29) is 16.4 Å². The molecule has 1 fully saturated rings. The van der Waals surface area contributed by atoms with Crippen molar-refractivity contribution in [1.82, 2.24) is 9.47 Å². The van der Waals surface area contributed by atoms with E-state index in [1.807, 2.05) is 6.92 Å². The summed E-state index contributed by atoms with van der Waals surface area (Å²) in [5, 5.41) is 0. The number of piperidine rings is 1. The Labute approximate surface area is 179 Å². The van der Waals surface area contributed by atoms with E-state index >= 15 is 0 Å². The molecule has 0 bridgehead atoms. The number of sulfonamides is 1. The van der Waals surface area contributed by atoms with E-state index in [0.29, 0.717) is 48.4 Å². The molecule has 0 saturated carbocycles. The maximum Gasteiger partial charge on any atom is 0.264 e. The second-order valence-corrected chi connectivity index (χ2v) is 9.56. The van der Waals surface area contributed by atoms with E-state index in [0.717, 1.165) is 12.8 Å². The van der Waals surface area contributed by atoms with Crippen LogP contribution in [0.15, 0.2) is 29.2 Å². The summed E-state index contributed by atoms with van der Waals surface area (Å²) in [6.07, 6.45) is 1.86. The van der Waals surface area contributed by atoms with Crippen LogP contribution < -0.4 is 9.46 Å². The molecule has 1 amide bonds. The van der Waals surface area contributed by atoms with Gasteiger partial charge in [-0.15, -0.1) is 0 Å². The summed E-state index contributed by atoms with van der Waals surface area (Å²) in [4.78, 5) is 15.2. The van der Waals surface area contributed by atoms with E-state index in [2.05, 4.69) is 11.6 Å². The quantitative estimate of drug-likeness (QED) is 0.753. The van der Waals surface area contributed by atoms with Crippen LogP contribution in [0, 0.1) is 19.8 Å². The second-order valence-electron chi connectivity index (χ2n) is 7.94. The molecule has 164 valence electrons. The van der Waals surface area contributed by atoms with Crippen molar-refractivity contribution < 1.29 is 17.9 Å². The number of hydrogen-bond acceptors (Lipinski definition) is 4. The third kappa shape index (κ3) is 4.19. The maximum absolute atomic E-state index is 13.5. The van der Waals surface area contributed by atoms with Crippen LogP contribution in [0.3, 0.4) is 0 Å². The summed E-state index contributed by atoms with van der Waals surface area (Å²) in [5.74, 6) is 0.806. The monoisotopic (exact) mass is 433 g/mol. The molecular weight excluding hydrogens is 402 g/mol. The number of amides is 1. The normalized spacial score (nSPS) is 15.3. The minimum atomic E-state index is -4.01. The molecule has 3 rings (SSSR count). The van der Waals surface area contributed by atoms with E-state index in [1.54, 1.807) is 54.6 Å². The first-order chi connectivity index (χ1) is 14.2. The zero-order chi connectivity index (χ0) is 22.1. The first kappa shape index (κ1) is 22.2. The van der Waals surface area contributed by atoms with E-state index < -0.39 is 10.0 Å². The molecule has 1 aliphatic heterocycles.